The Kier molecular flexibility index (Phi) is 20.9. The number of fused-ring (bicyclic) bond motifs is 12. The molecule has 28 nitrogen and oxygen atoms in total. The maximum absolute atomic E-state index is 10.4. The summed E-state index contributed by atoms with van der Waals surface area (Å²) in [4.78, 5) is 62.0. The molecule has 0 aliphatic carbocycles. The molecular formula is C68H96N24O4. The third kappa shape index (κ3) is 15.5. The van der Waals surface area contributed by atoms with Gasteiger partial charge in [0.25, 0.3) is 0 Å². The van der Waals surface area contributed by atoms with Crippen molar-refractivity contribution in [3.8, 4) is 0 Å². The van der Waals surface area contributed by atoms with Crippen molar-refractivity contribution >= 4 is 135 Å². The molecule has 12 aromatic heterocycles. The van der Waals surface area contributed by atoms with Crippen LogP contribution in [0.1, 0.15) is 109 Å². The lowest BCUT2D eigenvalue weighted by atomic mass is 10.1. The van der Waals surface area contributed by atoms with Crippen molar-refractivity contribution in [1.82, 2.24) is 78.1 Å². The summed E-state index contributed by atoms with van der Waals surface area (Å²) in [5.41, 5.74) is 30.6. The van der Waals surface area contributed by atoms with Gasteiger partial charge in [-0.05, 0) is 117 Å². The zero-order valence-corrected chi connectivity index (χ0v) is 58.5. The molecule has 0 unspecified atom stereocenters. The van der Waals surface area contributed by atoms with Crippen molar-refractivity contribution in [3.05, 3.63) is 73.6 Å². The summed E-state index contributed by atoms with van der Waals surface area (Å²) in [6, 6.07) is 11.3. The van der Waals surface area contributed by atoms with Crippen molar-refractivity contribution in [2.45, 2.75) is 157 Å². The maximum Gasteiger partial charge on any atom is 0.206 e. The van der Waals surface area contributed by atoms with E-state index >= 15 is 0 Å². The molecule has 12 N–H and O–H groups in total. The SMILES string of the molecule is CCCN(C)c1nc2c(N)nc3cccnc3c2n1CC(C)(C)O.CCCN(C)c1nc2c(N)nc3ccncc3c2n1CC(C)(C)O.CCCN(C)c1nc2c(N)nc3cnccc3c2n1CC(C)(C)O.CCCN(C)c1nc2c(N)nc3ncccc3c2n1CC(C)(C)O. The number of aromatic nitrogens is 16. The highest BCUT2D eigenvalue weighted by atomic mass is 16.3. The predicted octanol–water partition coefficient (Wildman–Crippen LogP) is 8.72. The normalized spacial score (nSPS) is 12.2. The van der Waals surface area contributed by atoms with E-state index in [4.69, 9.17) is 42.9 Å². The maximum atomic E-state index is 10.4. The van der Waals surface area contributed by atoms with Crippen LogP contribution < -0.4 is 42.5 Å². The van der Waals surface area contributed by atoms with Crippen molar-refractivity contribution in [3.63, 3.8) is 0 Å². The van der Waals surface area contributed by atoms with Crippen LogP contribution in [0.25, 0.3) is 88.0 Å². The molecule has 512 valence electrons. The molecule has 12 heterocycles. The summed E-state index contributed by atoms with van der Waals surface area (Å²) in [6.07, 6.45) is 14.3. The van der Waals surface area contributed by atoms with Gasteiger partial charge in [-0.3, -0.25) is 15.0 Å². The predicted molar refractivity (Wildman–Crippen MR) is 388 cm³/mol. The molecule has 0 fully saturated rings. The van der Waals surface area contributed by atoms with Crippen LogP contribution in [0.4, 0.5) is 47.1 Å². The van der Waals surface area contributed by atoms with E-state index in [2.05, 4.69) is 87.2 Å². The van der Waals surface area contributed by atoms with Crippen LogP contribution in [0.15, 0.2) is 73.6 Å². The van der Waals surface area contributed by atoms with E-state index < -0.39 is 22.4 Å². The van der Waals surface area contributed by atoms with Crippen molar-refractivity contribution in [1.29, 1.82) is 0 Å². The molecule has 0 bridgehead atoms. The number of anilines is 8. The van der Waals surface area contributed by atoms with Gasteiger partial charge in [0.15, 0.2) is 28.9 Å². The van der Waals surface area contributed by atoms with E-state index in [1.807, 2.05) is 82.9 Å². The van der Waals surface area contributed by atoms with Gasteiger partial charge >= 0.3 is 0 Å². The number of pyridine rings is 8. The van der Waals surface area contributed by atoms with Gasteiger partial charge in [-0.2, -0.15) is 0 Å². The minimum Gasteiger partial charge on any atom is -0.389 e. The molecule has 0 amide bonds. The van der Waals surface area contributed by atoms with Crippen molar-refractivity contribution in [2.24, 2.45) is 0 Å². The van der Waals surface area contributed by atoms with Gasteiger partial charge in [0, 0.05) is 102 Å². The number of imidazole rings is 4. The van der Waals surface area contributed by atoms with Gasteiger partial charge < -0.3 is 81.2 Å². The second-order valence-electron chi connectivity index (χ2n) is 27.2. The molecule has 0 atom stereocenters. The van der Waals surface area contributed by atoms with E-state index in [0.29, 0.717) is 77.2 Å². The fraction of sp³-hybridized carbons (Fsp3) is 0.471. The van der Waals surface area contributed by atoms with Crippen LogP contribution in [-0.4, -0.2) is 175 Å². The topological polar surface area (TPSA) is 372 Å². The smallest absolute Gasteiger partial charge is 0.206 e. The van der Waals surface area contributed by atoms with Crippen LogP contribution >= 0.6 is 0 Å². The molecule has 0 aliphatic heterocycles. The van der Waals surface area contributed by atoms with E-state index in [0.717, 1.165) is 136 Å². The zero-order chi connectivity index (χ0) is 69.9. The van der Waals surface area contributed by atoms with Crippen LogP contribution in [0.3, 0.4) is 0 Å². The fourth-order valence-corrected chi connectivity index (χ4v) is 12.0. The van der Waals surface area contributed by atoms with Gasteiger partial charge in [-0.1, -0.05) is 27.7 Å². The fourth-order valence-electron chi connectivity index (χ4n) is 12.0. The standard InChI is InChI=1S/4C17H24N6O/c1-5-9-22(4)16-20-12-13(23(16)10-17(2,3)24)11-7-6-8-19-15(11)21-14(12)18;1-5-9-22(4)16-21-13-14(23(16)10-17(2,3)24)12-11(20-15(13)18)7-6-8-19-12;1-5-8-22(4)16-21-13-14(23(16)10-17(2,3)24)11-9-19-7-6-12(11)20-15(13)18;1-5-8-22(4)16-21-13-14(23(16)10-17(2,3)24)11-6-7-19-9-12(11)20-15(13)18/h6-8,24H,5,9-10H2,1-4H3,(H2,18,19,21);6-8,24H,5,9-10H2,1-4H3,(H2,18,20);2*6-7,9,24H,5,8,10H2,1-4H3,(H2,18,20). The van der Waals surface area contributed by atoms with Crippen molar-refractivity contribution in [2.75, 3.05) is 96.9 Å². The van der Waals surface area contributed by atoms with Gasteiger partial charge in [0.05, 0.1) is 87.9 Å². The average molecular weight is 1310 g/mol. The molecule has 12 rings (SSSR count). The number of hydrogen-bond acceptors (Lipinski definition) is 24. The Morgan fingerprint density at radius 2 is 0.719 bits per heavy atom. The lowest BCUT2D eigenvalue weighted by Gasteiger charge is -2.24. The molecule has 96 heavy (non-hydrogen) atoms. The lowest BCUT2D eigenvalue weighted by Crippen LogP contribution is -2.29. The average Bonchev–Trinajstić information content (AvgIpc) is 1.61. The Morgan fingerprint density at radius 1 is 0.365 bits per heavy atom. The molecule has 0 aromatic carbocycles. The number of hydrogen-bond donors (Lipinski definition) is 8. The number of rotatable bonds is 20. The summed E-state index contributed by atoms with van der Waals surface area (Å²) in [5.74, 6) is 4.61. The molecule has 0 spiro atoms. The summed E-state index contributed by atoms with van der Waals surface area (Å²) < 4.78 is 8.07. The van der Waals surface area contributed by atoms with Crippen molar-refractivity contribution < 1.29 is 20.4 Å². The number of aliphatic hydroxyl groups is 4. The van der Waals surface area contributed by atoms with Crippen LogP contribution in [0.2, 0.25) is 0 Å². The monoisotopic (exact) mass is 1310 g/mol. The number of nitrogens with zero attached hydrogens (tertiary/aromatic N) is 20. The van der Waals surface area contributed by atoms with Crippen LogP contribution in [0.5, 0.6) is 0 Å². The summed E-state index contributed by atoms with van der Waals surface area (Å²) >= 11 is 0. The highest BCUT2D eigenvalue weighted by Gasteiger charge is 2.29. The molecule has 12 aromatic rings. The largest absolute Gasteiger partial charge is 0.389 e. The summed E-state index contributed by atoms with van der Waals surface area (Å²) in [5, 5.41) is 44.3. The quantitative estimate of drug-likeness (QED) is 0.0353. The first-order valence-corrected chi connectivity index (χ1v) is 32.6. The zero-order valence-electron chi connectivity index (χ0n) is 58.5. The van der Waals surface area contributed by atoms with Gasteiger partial charge in [0.1, 0.15) is 33.1 Å². The number of nitrogens with two attached hydrogens (primary N) is 4. The second kappa shape index (κ2) is 28.4. The Balaban J connectivity index is 0.000000150. The lowest BCUT2D eigenvalue weighted by molar-refractivity contribution is 0.0625. The third-order valence-corrected chi connectivity index (χ3v) is 15.7. The number of nitrogen functional groups attached to an aromatic ring is 4. The van der Waals surface area contributed by atoms with E-state index in [1.165, 1.54) is 0 Å². The van der Waals surface area contributed by atoms with Gasteiger partial charge in [0.2, 0.25) is 23.8 Å². The van der Waals surface area contributed by atoms with Crippen LogP contribution in [0, 0.1) is 0 Å². The third-order valence-electron chi connectivity index (χ3n) is 15.7. The molecule has 0 aliphatic rings. The Morgan fingerprint density at radius 3 is 1.17 bits per heavy atom. The van der Waals surface area contributed by atoms with E-state index in [9.17, 15) is 20.4 Å². The summed E-state index contributed by atoms with van der Waals surface area (Å²) in [7, 11) is 7.98. The molecule has 28 heteroatoms. The minimum absolute atomic E-state index is 0.358. The molecule has 0 radical (unpaired) electrons. The van der Waals surface area contributed by atoms with E-state index in [-0.39, 0.29) is 0 Å². The van der Waals surface area contributed by atoms with E-state index in [1.54, 1.807) is 92.6 Å². The molecule has 0 saturated heterocycles. The molecule has 0 saturated carbocycles. The highest BCUT2D eigenvalue weighted by molar-refractivity contribution is 6.09. The first kappa shape index (κ1) is 70.7. The van der Waals surface area contributed by atoms with Gasteiger partial charge in [-0.25, -0.2) is 44.9 Å². The Hall–Kier alpha value is -9.64. The summed E-state index contributed by atoms with van der Waals surface area (Å²) in [6.45, 7) is 27.8. The van der Waals surface area contributed by atoms with Gasteiger partial charge in [-0.15, -0.1) is 0 Å². The highest BCUT2D eigenvalue weighted by Crippen LogP contribution is 2.37. The Bertz CT molecular complexity index is 4110. The minimum atomic E-state index is -0.894. The first-order valence-electron chi connectivity index (χ1n) is 32.6. The first-order chi connectivity index (χ1) is 45.3. The van der Waals surface area contributed by atoms with Crippen LogP contribution in [-0.2, 0) is 26.2 Å². The second-order valence-corrected chi connectivity index (χ2v) is 27.2. The Labute approximate surface area is 559 Å². The molecular weight excluding hydrogens is 1220 g/mol.